The Morgan fingerprint density at radius 1 is 0.926 bits per heavy atom. The van der Waals surface area contributed by atoms with E-state index in [4.69, 9.17) is 4.74 Å². The lowest BCUT2D eigenvalue weighted by Gasteiger charge is -2.08. The van der Waals surface area contributed by atoms with Crippen molar-refractivity contribution >= 4 is 33.5 Å². The van der Waals surface area contributed by atoms with E-state index < -0.39 is 5.97 Å². The molecule has 1 amide bonds. The number of halogens is 1. The quantitative estimate of drug-likeness (QED) is 0.561. The number of aryl methyl sites for hydroxylation is 1. The summed E-state index contributed by atoms with van der Waals surface area (Å²) in [4.78, 5) is 24.6. The number of amides is 1. The maximum atomic E-state index is 12.3. The van der Waals surface area contributed by atoms with Crippen molar-refractivity contribution in [2.45, 2.75) is 13.5 Å². The van der Waals surface area contributed by atoms with Gasteiger partial charge in [0.25, 0.3) is 5.91 Å². The predicted molar refractivity (Wildman–Crippen MR) is 109 cm³/mol. The van der Waals surface area contributed by atoms with Gasteiger partial charge in [0.1, 0.15) is 6.61 Å². The lowest BCUT2D eigenvalue weighted by Crippen LogP contribution is -2.12. The van der Waals surface area contributed by atoms with Crippen molar-refractivity contribution in [3.63, 3.8) is 0 Å². The van der Waals surface area contributed by atoms with E-state index in [-0.39, 0.29) is 12.5 Å². The van der Waals surface area contributed by atoms with E-state index in [2.05, 4.69) is 21.2 Å². The van der Waals surface area contributed by atoms with Gasteiger partial charge in [0.05, 0.1) is 5.56 Å². The Labute approximate surface area is 166 Å². The highest BCUT2D eigenvalue weighted by molar-refractivity contribution is 9.10. The second-order valence-corrected chi connectivity index (χ2v) is 7.02. The molecule has 4 nitrogen and oxygen atoms in total. The Morgan fingerprint density at radius 2 is 1.63 bits per heavy atom. The van der Waals surface area contributed by atoms with E-state index in [0.29, 0.717) is 16.8 Å². The van der Waals surface area contributed by atoms with E-state index in [1.807, 2.05) is 43.3 Å². The molecule has 1 N–H and O–H groups in total. The SMILES string of the molecule is Cc1ccc(C(=O)Nc2cccc(C(=O)OCc3ccc(Br)cc3)c2)cc1. The van der Waals surface area contributed by atoms with Crippen molar-refractivity contribution in [2.24, 2.45) is 0 Å². The van der Waals surface area contributed by atoms with Crippen LogP contribution in [0, 0.1) is 6.92 Å². The van der Waals surface area contributed by atoms with Crippen molar-refractivity contribution < 1.29 is 14.3 Å². The molecule has 0 spiro atoms. The molecule has 0 radical (unpaired) electrons. The van der Waals surface area contributed by atoms with Crippen LogP contribution in [0.5, 0.6) is 0 Å². The molecule has 0 fully saturated rings. The number of benzene rings is 3. The van der Waals surface area contributed by atoms with Gasteiger partial charge in [-0.15, -0.1) is 0 Å². The van der Waals surface area contributed by atoms with E-state index in [9.17, 15) is 9.59 Å². The summed E-state index contributed by atoms with van der Waals surface area (Å²) in [7, 11) is 0. The third-order valence-electron chi connectivity index (χ3n) is 3.95. The zero-order chi connectivity index (χ0) is 19.2. The zero-order valence-corrected chi connectivity index (χ0v) is 16.3. The molecule has 3 aromatic carbocycles. The molecule has 5 heteroatoms. The summed E-state index contributed by atoms with van der Waals surface area (Å²) in [6.45, 7) is 2.15. The maximum absolute atomic E-state index is 12.3. The van der Waals surface area contributed by atoms with Gasteiger partial charge in [-0.3, -0.25) is 4.79 Å². The van der Waals surface area contributed by atoms with Gasteiger partial charge < -0.3 is 10.1 Å². The van der Waals surface area contributed by atoms with Crippen molar-refractivity contribution in [2.75, 3.05) is 5.32 Å². The average Bonchev–Trinajstić information content (AvgIpc) is 2.68. The Morgan fingerprint density at radius 3 is 2.33 bits per heavy atom. The second-order valence-electron chi connectivity index (χ2n) is 6.10. The smallest absolute Gasteiger partial charge is 0.338 e. The molecule has 0 aliphatic heterocycles. The molecule has 3 rings (SSSR count). The first kappa shape index (κ1) is 18.9. The second kappa shape index (κ2) is 8.64. The third kappa shape index (κ3) is 5.28. The molecule has 0 bridgehead atoms. The Bertz CT molecular complexity index is 950. The summed E-state index contributed by atoms with van der Waals surface area (Å²) < 4.78 is 6.31. The molecule has 0 aliphatic rings. The van der Waals surface area contributed by atoms with Gasteiger partial charge in [-0.25, -0.2) is 4.79 Å². The number of hydrogen-bond donors (Lipinski definition) is 1. The molecular weight excluding hydrogens is 406 g/mol. The molecule has 0 atom stereocenters. The fourth-order valence-electron chi connectivity index (χ4n) is 2.44. The summed E-state index contributed by atoms with van der Waals surface area (Å²) >= 11 is 3.37. The van der Waals surface area contributed by atoms with Crippen molar-refractivity contribution in [1.29, 1.82) is 0 Å². The lowest BCUT2D eigenvalue weighted by atomic mass is 10.1. The van der Waals surface area contributed by atoms with E-state index in [0.717, 1.165) is 15.6 Å². The highest BCUT2D eigenvalue weighted by Crippen LogP contribution is 2.15. The number of carbonyl (C=O) groups excluding carboxylic acids is 2. The molecule has 27 heavy (non-hydrogen) atoms. The molecular formula is C22H18BrNO3. The van der Waals surface area contributed by atoms with Crippen molar-refractivity contribution in [3.8, 4) is 0 Å². The van der Waals surface area contributed by atoms with Crippen LogP contribution in [0.15, 0.2) is 77.3 Å². The zero-order valence-electron chi connectivity index (χ0n) is 14.7. The van der Waals surface area contributed by atoms with E-state index in [1.165, 1.54) is 0 Å². The number of rotatable bonds is 5. The molecule has 0 saturated heterocycles. The van der Waals surface area contributed by atoms with Gasteiger partial charge in [0, 0.05) is 15.7 Å². The van der Waals surface area contributed by atoms with Crippen LogP contribution in [-0.4, -0.2) is 11.9 Å². The first-order valence-corrected chi connectivity index (χ1v) is 9.20. The molecule has 0 aromatic heterocycles. The lowest BCUT2D eigenvalue weighted by molar-refractivity contribution is 0.0472. The van der Waals surface area contributed by atoms with Gasteiger partial charge >= 0.3 is 5.97 Å². The van der Waals surface area contributed by atoms with Crippen LogP contribution >= 0.6 is 15.9 Å². The Kier molecular flexibility index (Phi) is 6.04. The minimum atomic E-state index is -0.440. The molecule has 0 unspecified atom stereocenters. The topological polar surface area (TPSA) is 55.4 Å². The number of carbonyl (C=O) groups is 2. The van der Waals surface area contributed by atoms with Crippen LogP contribution in [0.1, 0.15) is 31.8 Å². The van der Waals surface area contributed by atoms with Crippen LogP contribution < -0.4 is 5.32 Å². The van der Waals surface area contributed by atoms with Gasteiger partial charge in [-0.05, 0) is 55.0 Å². The maximum Gasteiger partial charge on any atom is 0.338 e. The number of ether oxygens (including phenoxy) is 1. The Balaban J connectivity index is 1.63. The normalized spacial score (nSPS) is 10.3. The molecule has 0 heterocycles. The minimum Gasteiger partial charge on any atom is -0.457 e. The summed E-state index contributed by atoms with van der Waals surface area (Å²) in [6.07, 6.45) is 0. The van der Waals surface area contributed by atoms with Crippen LogP contribution in [-0.2, 0) is 11.3 Å². The van der Waals surface area contributed by atoms with Crippen molar-refractivity contribution in [1.82, 2.24) is 0 Å². The fraction of sp³-hybridized carbons (Fsp3) is 0.0909. The first-order valence-electron chi connectivity index (χ1n) is 8.41. The number of esters is 1. The number of hydrogen-bond acceptors (Lipinski definition) is 3. The fourth-order valence-corrected chi connectivity index (χ4v) is 2.71. The highest BCUT2D eigenvalue weighted by Gasteiger charge is 2.10. The summed E-state index contributed by atoms with van der Waals surface area (Å²) in [5, 5.41) is 2.80. The first-order chi connectivity index (χ1) is 13.0. The van der Waals surface area contributed by atoms with Crippen LogP contribution in [0.25, 0.3) is 0 Å². The molecule has 0 saturated carbocycles. The van der Waals surface area contributed by atoms with Crippen LogP contribution in [0.2, 0.25) is 0 Å². The predicted octanol–water partition coefficient (Wildman–Crippen LogP) is 5.37. The number of anilines is 1. The third-order valence-corrected chi connectivity index (χ3v) is 4.48. The summed E-state index contributed by atoms with van der Waals surface area (Å²) in [6, 6.07) is 21.6. The molecule has 0 aliphatic carbocycles. The molecule has 3 aromatic rings. The van der Waals surface area contributed by atoms with Crippen LogP contribution in [0.4, 0.5) is 5.69 Å². The average molecular weight is 424 g/mol. The number of nitrogens with one attached hydrogen (secondary N) is 1. The van der Waals surface area contributed by atoms with E-state index >= 15 is 0 Å². The monoisotopic (exact) mass is 423 g/mol. The summed E-state index contributed by atoms with van der Waals surface area (Å²) in [5.41, 5.74) is 3.47. The minimum absolute atomic E-state index is 0.187. The van der Waals surface area contributed by atoms with Gasteiger partial charge in [-0.1, -0.05) is 51.8 Å². The largest absolute Gasteiger partial charge is 0.457 e. The van der Waals surface area contributed by atoms with Crippen molar-refractivity contribution in [3.05, 3.63) is 99.5 Å². The van der Waals surface area contributed by atoms with Gasteiger partial charge in [-0.2, -0.15) is 0 Å². The van der Waals surface area contributed by atoms with E-state index in [1.54, 1.807) is 36.4 Å². The molecule has 136 valence electrons. The standard InChI is InChI=1S/C22H18BrNO3/c1-15-5-9-17(10-6-15)21(25)24-20-4-2-3-18(13-20)22(26)27-14-16-7-11-19(23)12-8-16/h2-13H,14H2,1H3,(H,24,25). The van der Waals surface area contributed by atoms with Gasteiger partial charge in [0.15, 0.2) is 0 Å². The highest BCUT2D eigenvalue weighted by atomic mass is 79.9. The van der Waals surface area contributed by atoms with Crippen LogP contribution in [0.3, 0.4) is 0 Å². The Hall–Kier alpha value is -2.92. The summed E-state index contributed by atoms with van der Waals surface area (Å²) in [5.74, 6) is -0.667. The van der Waals surface area contributed by atoms with Gasteiger partial charge in [0.2, 0.25) is 0 Å².